The molecule has 4 aromatic rings. The van der Waals surface area contributed by atoms with Gasteiger partial charge in [-0.25, -0.2) is 0 Å². The molecular weight excluding hydrogens is 620 g/mol. The first-order valence-electron chi connectivity index (χ1n) is 10.2. The predicted molar refractivity (Wildman–Crippen MR) is 127 cm³/mol. The van der Waals surface area contributed by atoms with E-state index in [-0.39, 0.29) is 31.6 Å². The normalized spacial score (nSPS) is 11.6. The van der Waals surface area contributed by atoms with Crippen molar-refractivity contribution in [2.45, 2.75) is 33.9 Å². The summed E-state index contributed by atoms with van der Waals surface area (Å²) in [6.07, 6.45) is -1.45. The Morgan fingerprint density at radius 3 is 2.21 bits per heavy atom. The van der Waals surface area contributed by atoms with Crippen molar-refractivity contribution in [2.75, 3.05) is 0 Å². The van der Waals surface area contributed by atoms with E-state index < -0.39 is 11.7 Å². The Labute approximate surface area is 209 Å². The summed E-state index contributed by atoms with van der Waals surface area (Å²) in [6.45, 7) is 6.96. The monoisotopic (exact) mass is 644 g/mol. The van der Waals surface area contributed by atoms with Crippen LogP contribution in [0.2, 0.25) is 0 Å². The first-order valence-corrected chi connectivity index (χ1v) is 10.2. The fraction of sp³-hybridized carbons (Fsp3) is 0.185. The number of halogens is 3. The van der Waals surface area contributed by atoms with Crippen molar-refractivity contribution >= 4 is 27.3 Å². The number of hydrogen-bond acceptors (Lipinski definition) is 2. The molecule has 0 aliphatic carbocycles. The van der Waals surface area contributed by atoms with Crippen LogP contribution in [0.5, 0.6) is 0 Å². The average molecular weight is 644 g/mol. The SMILES string of the molecule is CC(=[OH+])/C=C(/C)O.Cc1[c-]c(-c2nccc3c2ccc2ccc(C(F)(F)F)cc23)cc(C)c1.[Ir]. The first-order chi connectivity index (χ1) is 15.5. The van der Waals surface area contributed by atoms with Gasteiger partial charge in [-0.3, -0.25) is 4.79 Å². The van der Waals surface area contributed by atoms with E-state index in [9.17, 15) is 13.2 Å². The van der Waals surface area contributed by atoms with Crippen molar-refractivity contribution in [3.63, 3.8) is 0 Å². The Morgan fingerprint density at radius 1 is 0.971 bits per heavy atom. The number of alkyl halides is 3. The molecular formula is C27H24F3IrNO2. The number of fused-ring (bicyclic) bond motifs is 3. The van der Waals surface area contributed by atoms with Gasteiger partial charge in [-0.1, -0.05) is 32.0 Å². The van der Waals surface area contributed by atoms with Gasteiger partial charge in [0.15, 0.2) is 0 Å². The molecule has 34 heavy (non-hydrogen) atoms. The number of allylic oxidation sites excluding steroid dienone is 2. The molecule has 3 aromatic carbocycles. The molecule has 0 bridgehead atoms. The van der Waals surface area contributed by atoms with E-state index in [1.54, 1.807) is 12.3 Å². The summed E-state index contributed by atoms with van der Waals surface area (Å²) in [5, 5.41) is 11.3. The van der Waals surface area contributed by atoms with Gasteiger partial charge in [0, 0.05) is 26.3 Å². The number of carbonyl (C=O) groups excluding carboxylic acids is 1. The molecule has 179 valence electrons. The van der Waals surface area contributed by atoms with Crippen LogP contribution in [0.25, 0.3) is 32.8 Å². The van der Waals surface area contributed by atoms with Gasteiger partial charge < -0.3 is 10.1 Å². The van der Waals surface area contributed by atoms with Gasteiger partial charge in [0.05, 0.1) is 24.3 Å². The van der Waals surface area contributed by atoms with Crippen LogP contribution in [0.15, 0.2) is 66.6 Å². The Balaban J connectivity index is 0.000000449. The van der Waals surface area contributed by atoms with E-state index in [1.807, 2.05) is 38.1 Å². The van der Waals surface area contributed by atoms with Gasteiger partial charge in [0.1, 0.15) is 0 Å². The Hall–Kier alpha value is -3.02. The van der Waals surface area contributed by atoms with Crippen LogP contribution in [0.3, 0.4) is 0 Å². The van der Waals surface area contributed by atoms with E-state index in [1.165, 1.54) is 32.1 Å². The molecule has 0 atom stereocenters. The molecule has 1 heterocycles. The number of pyridine rings is 1. The molecule has 0 amide bonds. The van der Waals surface area contributed by atoms with Gasteiger partial charge in [0.2, 0.25) is 0 Å². The van der Waals surface area contributed by atoms with Crippen molar-refractivity contribution in [2.24, 2.45) is 0 Å². The van der Waals surface area contributed by atoms with E-state index in [0.29, 0.717) is 5.39 Å². The predicted octanol–water partition coefficient (Wildman–Crippen LogP) is 7.50. The van der Waals surface area contributed by atoms with Crippen LogP contribution in [0.4, 0.5) is 13.2 Å². The van der Waals surface area contributed by atoms with E-state index in [2.05, 4.69) is 11.1 Å². The van der Waals surface area contributed by atoms with Gasteiger partial charge in [-0.2, -0.15) is 13.2 Å². The van der Waals surface area contributed by atoms with E-state index in [0.717, 1.165) is 44.6 Å². The van der Waals surface area contributed by atoms with E-state index in [4.69, 9.17) is 9.90 Å². The molecule has 3 nitrogen and oxygen atoms in total. The molecule has 0 saturated heterocycles. The van der Waals surface area contributed by atoms with Crippen LogP contribution in [-0.2, 0) is 26.3 Å². The van der Waals surface area contributed by atoms with Gasteiger partial charge in [-0.15, -0.1) is 34.9 Å². The number of benzene rings is 3. The molecule has 0 fully saturated rings. The molecule has 0 aliphatic heterocycles. The van der Waals surface area contributed by atoms with Crippen LogP contribution < -0.4 is 0 Å². The molecule has 0 spiro atoms. The quantitative estimate of drug-likeness (QED) is 0.0809. The fourth-order valence-corrected chi connectivity index (χ4v) is 3.70. The van der Waals surface area contributed by atoms with Crippen LogP contribution in [-0.4, -0.2) is 20.7 Å². The standard InChI is InChI=1S/C22H15F3N.C5H8O2.Ir/c1-13-9-14(2)11-16(10-13)21-19-6-4-15-3-5-17(22(23,24)25)12-20(15)18(19)7-8-26-21;1-4(6)3-5(2)7;/h3-10,12H,1-2H3;3,6H,1-2H3;/q-1;;/p+1/b;4-3-;. The Kier molecular flexibility index (Phi) is 8.76. The summed E-state index contributed by atoms with van der Waals surface area (Å²) in [7, 11) is 0. The largest absolute Gasteiger partial charge is 0.512 e. The Morgan fingerprint density at radius 2 is 1.65 bits per heavy atom. The zero-order chi connectivity index (χ0) is 24.3. The number of rotatable bonds is 2. The number of aliphatic hydroxyl groups is 1. The van der Waals surface area contributed by atoms with Crippen molar-refractivity contribution in [3.05, 3.63) is 89.3 Å². The van der Waals surface area contributed by atoms with E-state index >= 15 is 0 Å². The topological polar surface area (TPSA) is 54.5 Å². The number of ketones is 1. The molecule has 4 rings (SSSR count). The summed E-state index contributed by atoms with van der Waals surface area (Å²) >= 11 is 0. The summed E-state index contributed by atoms with van der Waals surface area (Å²) in [5.41, 5.74) is 3.02. The van der Waals surface area contributed by atoms with Gasteiger partial charge in [-0.05, 0) is 52.4 Å². The van der Waals surface area contributed by atoms with Crippen molar-refractivity contribution in [1.29, 1.82) is 0 Å². The van der Waals surface area contributed by atoms with Crippen LogP contribution >= 0.6 is 0 Å². The fourth-order valence-electron chi connectivity index (χ4n) is 3.70. The minimum absolute atomic E-state index is 0. The minimum atomic E-state index is -4.37. The van der Waals surface area contributed by atoms with Gasteiger partial charge >= 0.3 is 12.0 Å². The number of hydrogen-bond donors (Lipinski definition) is 1. The average Bonchev–Trinajstić information content (AvgIpc) is 2.71. The maximum atomic E-state index is 13.1. The summed E-state index contributed by atoms with van der Waals surface area (Å²) in [5.74, 6) is 0.250. The molecule has 0 aliphatic rings. The second-order valence-electron chi connectivity index (χ2n) is 7.94. The van der Waals surface area contributed by atoms with Crippen LogP contribution in [0.1, 0.15) is 30.5 Å². The molecule has 7 heteroatoms. The first kappa shape index (κ1) is 27.2. The third-order valence-corrected chi connectivity index (χ3v) is 4.91. The summed E-state index contributed by atoms with van der Waals surface area (Å²) in [4.78, 5) is 12.9. The third-order valence-electron chi connectivity index (χ3n) is 4.91. The van der Waals surface area contributed by atoms with Crippen molar-refractivity contribution in [3.8, 4) is 11.3 Å². The molecule has 0 unspecified atom stereocenters. The van der Waals surface area contributed by atoms with Crippen LogP contribution in [0, 0.1) is 19.9 Å². The number of aromatic nitrogens is 1. The number of aryl methyl sites for hydroxylation is 2. The minimum Gasteiger partial charge on any atom is -0.512 e. The molecule has 2 N–H and O–H groups in total. The van der Waals surface area contributed by atoms with Crippen molar-refractivity contribution in [1.82, 2.24) is 4.98 Å². The Bertz CT molecular complexity index is 1350. The molecule has 1 radical (unpaired) electrons. The maximum absolute atomic E-state index is 13.1. The van der Waals surface area contributed by atoms with Crippen molar-refractivity contribution < 1.29 is 43.2 Å². The van der Waals surface area contributed by atoms with Gasteiger partial charge in [0.25, 0.3) is 0 Å². The second kappa shape index (κ2) is 10.9. The zero-order valence-electron chi connectivity index (χ0n) is 19.1. The zero-order valence-corrected chi connectivity index (χ0v) is 21.5. The number of aliphatic hydroxyl groups excluding tert-OH is 1. The molecule has 1 aromatic heterocycles. The second-order valence-corrected chi connectivity index (χ2v) is 7.94. The summed E-state index contributed by atoms with van der Waals surface area (Å²) < 4.78 is 39.4. The third kappa shape index (κ3) is 6.52. The molecule has 0 saturated carbocycles. The number of nitrogens with zero attached hydrogens (tertiary/aromatic N) is 1. The smallest absolute Gasteiger partial charge is 0.416 e. The maximum Gasteiger partial charge on any atom is 0.416 e. The summed E-state index contributed by atoms with van der Waals surface area (Å²) in [6, 6.07) is 16.7.